The maximum absolute atomic E-state index is 3.82. The van der Waals surface area contributed by atoms with Crippen LogP contribution in [-0.2, 0) is 0 Å². The van der Waals surface area contributed by atoms with Crippen molar-refractivity contribution in [3.8, 4) is 0 Å². The first-order valence-corrected chi connectivity index (χ1v) is 6.03. The summed E-state index contributed by atoms with van der Waals surface area (Å²) in [4.78, 5) is 0. The van der Waals surface area contributed by atoms with Crippen LogP contribution in [0.25, 0.3) is 0 Å². The van der Waals surface area contributed by atoms with Crippen molar-refractivity contribution >= 4 is 0 Å². The number of rotatable bonds is 3. The molecule has 1 heteroatoms. The second-order valence-corrected chi connectivity index (χ2v) is 5.24. The van der Waals surface area contributed by atoms with Crippen molar-refractivity contribution in [3.63, 3.8) is 0 Å². The zero-order valence-electron chi connectivity index (χ0n) is 9.05. The first kappa shape index (κ1) is 9.51. The van der Waals surface area contributed by atoms with Crippen LogP contribution < -0.4 is 5.32 Å². The maximum atomic E-state index is 3.82. The Labute approximate surface area is 82.3 Å². The highest BCUT2D eigenvalue weighted by molar-refractivity contribution is 4.90. The molecule has 2 rings (SSSR count). The molecule has 0 radical (unpaired) electrons. The van der Waals surface area contributed by atoms with Crippen molar-refractivity contribution in [2.45, 2.75) is 64.5 Å². The zero-order chi connectivity index (χ0) is 9.26. The van der Waals surface area contributed by atoms with Gasteiger partial charge in [0.15, 0.2) is 0 Å². The molecule has 0 heterocycles. The van der Waals surface area contributed by atoms with Crippen molar-refractivity contribution in [2.24, 2.45) is 11.8 Å². The van der Waals surface area contributed by atoms with Crippen LogP contribution in [0.4, 0.5) is 0 Å². The van der Waals surface area contributed by atoms with Crippen molar-refractivity contribution in [1.82, 2.24) is 5.32 Å². The molecule has 2 aliphatic carbocycles. The van der Waals surface area contributed by atoms with E-state index in [1.165, 1.54) is 38.5 Å². The Kier molecular flexibility index (Phi) is 2.92. The van der Waals surface area contributed by atoms with Crippen molar-refractivity contribution < 1.29 is 0 Å². The average molecular weight is 181 g/mol. The van der Waals surface area contributed by atoms with E-state index in [1.54, 1.807) is 0 Å². The fourth-order valence-electron chi connectivity index (χ4n) is 2.72. The van der Waals surface area contributed by atoms with Gasteiger partial charge in [-0.2, -0.15) is 0 Å². The molecule has 2 aliphatic rings. The first-order chi connectivity index (χ1) is 6.27. The molecule has 2 fully saturated rings. The average Bonchev–Trinajstić information content (AvgIpc) is 2.89. The second-order valence-electron chi connectivity index (χ2n) is 5.24. The summed E-state index contributed by atoms with van der Waals surface area (Å²) in [7, 11) is 0. The quantitative estimate of drug-likeness (QED) is 0.706. The molecule has 1 nitrogen and oxygen atoms in total. The highest BCUT2D eigenvalue weighted by atomic mass is 15.0. The Morgan fingerprint density at radius 1 is 1.00 bits per heavy atom. The lowest BCUT2D eigenvalue weighted by atomic mass is 9.78. The van der Waals surface area contributed by atoms with Crippen LogP contribution in [0.1, 0.15) is 52.4 Å². The normalized spacial score (nSPS) is 35.3. The highest BCUT2D eigenvalue weighted by Crippen LogP contribution is 2.32. The minimum atomic E-state index is 0.848. The molecular formula is C12H23N. The van der Waals surface area contributed by atoms with Gasteiger partial charge in [0.2, 0.25) is 0 Å². The predicted molar refractivity (Wildman–Crippen MR) is 56.7 cm³/mol. The van der Waals surface area contributed by atoms with Crippen LogP contribution in [0.2, 0.25) is 0 Å². The fourth-order valence-corrected chi connectivity index (χ4v) is 2.72. The molecule has 76 valence electrons. The van der Waals surface area contributed by atoms with Crippen LogP contribution in [0.3, 0.4) is 0 Å². The van der Waals surface area contributed by atoms with Crippen molar-refractivity contribution in [2.75, 3.05) is 0 Å². The second kappa shape index (κ2) is 4.00. The fraction of sp³-hybridized carbons (Fsp3) is 1.00. The molecule has 1 N–H and O–H groups in total. The zero-order valence-corrected chi connectivity index (χ0v) is 9.05. The highest BCUT2D eigenvalue weighted by Gasteiger charge is 2.32. The largest absolute Gasteiger partial charge is 0.311 e. The van der Waals surface area contributed by atoms with E-state index in [1.807, 2.05) is 0 Å². The van der Waals surface area contributed by atoms with Crippen LogP contribution in [-0.4, -0.2) is 12.1 Å². The SMILES string of the molecule is CC(C)C1CCCCC1NC1CC1. The molecule has 2 atom stereocenters. The molecule has 13 heavy (non-hydrogen) atoms. The van der Waals surface area contributed by atoms with E-state index in [9.17, 15) is 0 Å². The molecule has 0 saturated heterocycles. The number of nitrogens with one attached hydrogen (secondary N) is 1. The Morgan fingerprint density at radius 3 is 2.31 bits per heavy atom. The molecule has 0 aromatic rings. The molecule has 0 aliphatic heterocycles. The summed E-state index contributed by atoms with van der Waals surface area (Å²) in [5.41, 5.74) is 0. The smallest absolute Gasteiger partial charge is 0.0100 e. The van der Waals surface area contributed by atoms with Gasteiger partial charge < -0.3 is 5.32 Å². The summed E-state index contributed by atoms with van der Waals surface area (Å²) in [6, 6.07) is 1.74. The van der Waals surface area contributed by atoms with Gasteiger partial charge in [-0.05, 0) is 37.5 Å². The van der Waals surface area contributed by atoms with E-state index >= 15 is 0 Å². The van der Waals surface area contributed by atoms with Gasteiger partial charge in [0.1, 0.15) is 0 Å². The van der Waals surface area contributed by atoms with Crippen LogP contribution in [0, 0.1) is 11.8 Å². The predicted octanol–water partition coefficient (Wildman–Crippen LogP) is 2.95. The molecule has 0 bridgehead atoms. The summed E-state index contributed by atoms with van der Waals surface area (Å²) in [5, 5.41) is 3.82. The minimum absolute atomic E-state index is 0.848. The van der Waals surface area contributed by atoms with Gasteiger partial charge in [0.05, 0.1) is 0 Å². The Hall–Kier alpha value is -0.0400. The van der Waals surface area contributed by atoms with Crippen molar-refractivity contribution in [1.29, 1.82) is 0 Å². The number of hydrogen-bond donors (Lipinski definition) is 1. The van der Waals surface area contributed by atoms with Gasteiger partial charge in [0, 0.05) is 12.1 Å². The van der Waals surface area contributed by atoms with Crippen LogP contribution in [0.5, 0.6) is 0 Å². The van der Waals surface area contributed by atoms with Gasteiger partial charge in [-0.3, -0.25) is 0 Å². The lowest BCUT2D eigenvalue weighted by molar-refractivity contribution is 0.204. The Balaban J connectivity index is 1.87. The van der Waals surface area contributed by atoms with Gasteiger partial charge in [0.25, 0.3) is 0 Å². The standard InChI is InChI=1S/C12H23N/c1-9(2)11-5-3-4-6-12(11)13-10-7-8-10/h9-13H,3-8H2,1-2H3. The maximum Gasteiger partial charge on any atom is 0.0100 e. The summed E-state index contributed by atoms with van der Waals surface area (Å²) in [6.45, 7) is 4.77. The Bertz CT molecular complexity index is 161. The van der Waals surface area contributed by atoms with Gasteiger partial charge in [-0.1, -0.05) is 26.7 Å². The van der Waals surface area contributed by atoms with E-state index in [-0.39, 0.29) is 0 Å². The third kappa shape index (κ3) is 2.46. The molecule has 0 amide bonds. The van der Waals surface area contributed by atoms with E-state index in [0.717, 1.165) is 23.9 Å². The van der Waals surface area contributed by atoms with E-state index in [0.29, 0.717) is 0 Å². The van der Waals surface area contributed by atoms with Gasteiger partial charge in [-0.15, -0.1) is 0 Å². The molecule has 2 saturated carbocycles. The lowest BCUT2D eigenvalue weighted by Crippen LogP contribution is -2.41. The lowest BCUT2D eigenvalue weighted by Gasteiger charge is -2.35. The molecule has 2 unspecified atom stereocenters. The third-order valence-electron chi connectivity index (χ3n) is 3.70. The Morgan fingerprint density at radius 2 is 1.69 bits per heavy atom. The number of hydrogen-bond acceptors (Lipinski definition) is 1. The molecular weight excluding hydrogens is 158 g/mol. The molecule has 0 aromatic carbocycles. The molecule has 0 aromatic heterocycles. The summed E-state index contributed by atoms with van der Waals surface area (Å²) in [5.74, 6) is 1.82. The van der Waals surface area contributed by atoms with E-state index in [4.69, 9.17) is 0 Å². The first-order valence-electron chi connectivity index (χ1n) is 6.03. The van der Waals surface area contributed by atoms with Gasteiger partial charge in [-0.25, -0.2) is 0 Å². The summed E-state index contributed by atoms with van der Waals surface area (Å²) < 4.78 is 0. The van der Waals surface area contributed by atoms with Crippen LogP contribution >= 0.6 is 0 Å². The molecule has 0 spiro atoms. The minimum Gasteiger partial charge on any atom is -0.311 e. The topological polar surface area (TPSA) is 12.0 Å². The van der Waals surface area contributed by atoms with E-state index < -0.39 is 0 Å². The third-order valence-corrected chi connectivity index (χ3v) is 3.70. The summed E-state index contributed by atoms with van der Waals surface area (Å²) >= 11 is 0. The van der Waals surface area contributed by atoms with Crippen molar-refractivity contribution in [3.05, 3.63) is 0 Å². The monoisotopic (exact) mass is 181 g/mol. The summed E-state index contributed by atoms with van der Waals surface area (Å²) in [6.07, 6.45) is 8.67. The van der Waals surface area contributed by atoms with Crippen LogP contribution in [0.15, 0.2) is 0 Å². The van der Waals surface area contributed by atoms with E-state index in [2.05, 4.69) is 19.2 Å². The van der Waals surface area contributed by atoms with Gasteiger partial charge >= 0.3 is 0 Å².